The lowest BCUT2D eigenvalue weighted by molar-refractivity contribution is -0.139. The molecule has 0 radical (unpaired) electrons. The molecular weight excluding hydrogens is 420 g/mol. The van der Waals surface area contributed by atoms with Gasteiger partial charge in [-0.2, -0.15) is 0 Å². The van der Waals surface area contributed by atoms with Gasteiger partial charge in [-0.05, 0) is 43.9 Å². The van der Waals surface area contributed by atoms with E-state index in [1.165, 1.54) is 22.0 Å². The second-order valence-corrected chi connectivity index (χ2v) is 8.46. The van der Waals surface area contributed by atoms with Gasteiger partial charge >= 0.3 is 12.0 Å². The summed E-state index contributed by atoms with van der Waals surface area (Å²) in [5, 5.41) is 6.00. The van der Waals surface area contributed by atoms with Crippen molar-refractivity contribution >= 4 is 33.6 Å². The number of amides is 2. The Morgan fingerprint density at radius 2 is 2.26 bits per heavy atom. The van der Waals surface area contributed by atoms with E-state index in [2.05, 4.69) is 15.6 Å². The summed E-state index contributed by atoms with van der Waals surface area (Å²) < 4.78 is 12.1. The summed E-state index contributed by atoms with van der Waals surface area (Å²) in [7, 11) is 0. The molecule has 2 N–H and O–H groups in total. The number of carbonyl (C=O) groups excluding carboxylic acids is 2. The van der Waals surface area contributed by atoms with Crippen molar-refractivity contribution in [3.8, 4) is 0 Å². The molecule has 0 fully saturated rings. The summed E-state index contributed by atoms with van der Waals surface area (Å²) in [6, 6.07) is 2.02. The zero-order chi connectivity index (χ0) is 21.5. The summed E-state index contributed by atoms with van der Waals surface area (Å²) in [4.78, 5) is 44.8. The molecule has 4 heterocycles. The average molecular weight is 440 g/mol. The first-order valence-corrected chi connectivity index (χ1v) is 10.9. The molecule has 1 unspecified atom stereocenters. The van der Waals surface area contributed by atoms with E-state index < -0.39 is 18.0 Å². The second kappa shape index (κ2) is 7.69. The zero-order valence-corrected chi connectivity index (χ0v) is 17.6. The Bertz CT molecular complexity index is 1270. The average Bonchev–Trinajstić information content (AvgIpc) is 3.47. The van der Waals surface area contributed by atoms with Crippen LogP contribution >= 0.6 is 11.3 Å². The highest BCUT2D eigenvalue weighted by molar-refractivity contribution is 7.18. The molecule has 1 atom stereocenters. The van der Waals surface area contributed by atoms with Gasteiger partial charge in [-0.1, -0.05) is 0 Å². The zero-order valence-electron chi connectivity index (χ0n) is 16.8. The van der Waals surface area contributed by atoms with E-state index in [-0.39, 0.29) is 30.0 Å². The van der Waals surface area contributed by atoms with Gasteiger partial charge in [0.15, 0.2) is 0 Å². The molecule has 31 heavy (non-hydrogen) atoms. The molecule has 10 heteroatoms. The summed E-state index contributed by atoms with van der Waals surface area (Å²) in [5.74, 6) is -0.197. The maximum absolute atomic E-state index is 13.3. The maximum Gasteiger partial charge on any atom is 0.338 e. The van der Waals surface area contributed by atoms with Crippen LogP contribution in [0, 0.1) is 0 Å². The first-order chi connectivity index (χ1) is 15.1. The fraction of sp³-hybridized carbons (Fsp3) is 0.333. The number of esters is 1. The summed E-state index contributed by atoms with van der Waals surface area (Å²) in [5.41, 5.74) is 1.37. The molecule has 1 aliphatic carbocycles. The number of nitrogens with zero attached hydrogens (tertiary/aromatic N) is 2. The molecule has 3 aromatic rings. The second-order valence-electron chi connectivity index (χ2n) is 7.37. The largest absolute Gasteiger partial charge is 0.467 e. The highest BCUT2D eigenvalue weighted by Crippen LogP contribution is 2.34. The SMILES string of the molecule is CCOC(=O)C1=C(Cn2cnc3sc4c(c3c2=O)CCC4)NC(=O)NC1c1ccco1. The van der Waals surface area contributed by atoms with Crippen molar-refractivity contribution in [2.24, 2.45) is 0 Å². The van der Waals surface area contributed by atoms with Gasteiger partial charge in [0.2, 0.25) is 0 Å². The topological polar surface area (TPSA) is 115 Å². The van der Waals surface area contributed by atoms with Crippen LogP contribution in [0.4, 0.5) is 4.79 Å². The molecule has 0 saturated heterocycles. The van der Waals surface area contributed by atoms with Crippen LogP contribution in [0.3, 0.4) is 0 Å². The van der Waals surface area contributed by atoms with Gasteiger partial charge in [0, 0.05) is 4.88 Å². The van der Waals surface area contributed by atoms with Gasteiger partial charge in [0.05, 0.1) is 42.4 Å². The smallest absolute Gasteiger partial charge is 0.338 e. The van der Waals surface area contributed by atoms with E-state index in [4.69, 9.17) is 9.15 Å². The molecule has 0 saturated carbocycles. The normalized spacial score (nSPS) is 18.1. The van der Waals surface area contributed by atoms with Crippen LogP contribution in [0.15, 0.2) is 45.2 Å². The van der Waals surface area contributed by atoms with Gasteiger partial charge in [0.25, 0.3) is 5.56 Å². The lowest BCUT2D eigenvalue weighted by Crippen LogP contribution is -2.47. The van der Waals surface area contributed by atoms with Crippen molar-refractivity contribution < 1.29 is 18.7 Å². The number of hydrogen-bond acceptors (Lipinski definition) is 7. The minimum atomic E-state index is -0.824. The highest BCUT2D eigenvalue weighted by Gasteiger charge is 2.35. The number of allylic oxidation sites excluding steroid dienone is 1. The van der Waals surface area contributed by atoms with Crippen LogP contribution < -0.4 is 16.2 Å². The van der Waals surface area contributed by atoms with Crippen LogP contribution in [-0.4, -0.2) is 28.2 Å². The lowest BCUT2D eigenvalue weighted by atomic mass is 10.00. The van der Waals surface area contributed by atoms with Crippen molar-refractivity contribution in [2.45, 2.75) is 38.8 Å². The maximum atomic E-state index is 13.3. The van der Waals surface area contributed by atoms with Crippen LogP contribution in [0.2, 0.25) is 0 Å². The fourth-order valence-electron chi connectivity index (χ4n) is 4.16. The van der Waals surface area contributed by atoms with E-state index in [1.54, 1.807) is 30.4 Å². The summed E-state index contributed by atoms with van der Waals surface area (Å²) >= 11 is 1.56. The number of nitrogens with one attached hydrogen (secondary N) is 2. The molecule has 160 valence electrons. The van der Waals surface area contributed by atoms with Crippen molar-refractivity contribution in [1.29, 1.82) is 0 Å². The number of carbonyl (C=O) groups is 2. The molecule has 2 amide bonds. The van der Waals surface area contributed by atoms with E-state index in [9.17, 15) is 14.4 Å². The Hall–Kier alpha value is -3.40. The monoisotopic (exact) mass is 440 g/mol. The number of ether oxygens (including phenoxy) is 1. The number of furan rings is 1. The van der Waals surface area contributed by atoms with Gasteiger partial charge in [-0.15, -0.1) is 11.3 Å². The summed E-state index contributed by atoms with van der Waals surface area (Å²) in [6.45, 7) is 1.85. The minimum absolute atomic E-state index is 0.0226. The molecule has 0 spiro atoms. The Balaban J connectivity index is 1.61. The molecule has 3 aromatic heterocycles. The Morgan fingerprint density at radius 3 is 3.03 bits per heavy atom. The quantitative estimate of drug-likeness (QED) is 0.589. The van der Waals surface area contributed by atoms with Gasteiger partial charge in [-0.3, -0.25) is 9.36 Å². The molecule has 1 aliphatic heterocycles. The Morgan fingerprint density at radius 1 is 1.39 bits per heavy atom. The van der Waals surface area contributed by atoms with Crippen LogP contribution in [0.5, 0.6) is 0 Å². The number of rotatable bonds is 5. The van der Waals surface area contributed by atoms with Gasteiger partial charge in [-0.25, -0.2) is 14.6 Å². The predicted octanol–water partition coefficient (Wildman–Crippen LogP) is 2.41. The van der Waals surface area contributed by atoms with Crippen molar-refractivity contribution in [3.05, 3.63) is 62.5 Å². The first kappa shape index (κ1) is 19.6. The number of fused-ring (bicyclic) bond motifs is 3. The van der Waals surface area contributed by atoms with E-state index in [0.717, 1.165) is 29.7 Å². The number of hydrogen-bond donors (Lipinski definition) is 2. The number of urea groups is 1. The van der Waals surface area contributed by atoms with E-state index in [1.807, 2.05) is 0 Å². The molecule has 9 nitrogen and oxygen atoms in total. The third kappa shape index (κ3) is 3.32. The fourth-order valence-corrected chi connectivity index (χ4v) is 5.38. The van der Waals surface area contributed by atoms with Crippen LogP contribution in [0.25, 0.3) is 10.2 Å². The van der Waals surface area contributed by atoms with Gasteiger partial charge < -0.3 is 19.8 Å². The first-order valence-electron chi connectivity index (χ1n) is 10.1. The Kier molecular flexibility index (Phi) is 4.85. The van der Waals surface area contributed by atoms with Gasteiger partial charge in [0.1, 0.15) is 16.6 Å². The van der Waals surface area contributed by atoms with Crippen molar-refractivity contribution in [1.82, 2.24) is 20.2 Å². The summed E-state index contributed by atoms with van der Waals surface area (Å²) in [6.07, 6.45) is 5.80. The number of aryl methyl sites for hydroxylation is 2. The van der Waals surface area contributed by atoms with E-state index >= 15 is 0 Å². The van der Waals surface area contributed by atoms with E-state index in [0.29, 0.717) is 11.1 Å². The van der Waals surface area contributed by atoms with Crippen LogP contribution in [0.1, 0.15) is 35.6 Å². The minimum Gasteiger partial charge on any atom is -0.467 e. The lowest BCUT2D eigenvalue weighted by Gasteiger charge is -2.28. The number of thiophene rings is 1. The molecule has 2 aliphatic rings. The number of aromatic nitrogens is 2. The van der Waals surface area contributed by atoms with Crippen LogP contribution in [-0.2, 0) is 28.9 Å². The third-order valence-corrected chi connectivity index (χ3v) is 6.70. The molecule has 5 rings (SSSR count). The molecule has 0 bridgehead atoms. The molecule has 0 aromatic carbocycles. The molecular formula is C21H20N4O5S. The standard InChI is InChI=1S/C21H20N4O5S/c1-2-29-20(27)16-12(23-21(28)24-17(16)13-6-4-8-30-13)9-25-10-22-18-15(19(25)26)11-5-3-7-14(11)31-18/h4,6,8,10,17H,2-3,5,7,9H2,1H3,(H2,23,24,28). The Labute approximate surface area is 180 Å². The highest BCUT2D eigenvalue weighted by atomic mass is 32.1. The van der Waals surface area contributed by atoms with Crippen molar-refractivity contribution in [3.63, 3.8) is 0 Å². The third-order valence-electron chi connectivity index (χ3n) is 5.50. The van der Waals surface area contributed by atoms with Crippen molar-refractivity contribution in [2.75, 3.05) is 6.61 Å². The predicted molar refractivity (Wildman–Crippen MR) is 113 cm³/mol.